The van der Waals surface area contributed by atoms with Gasteiger partial charge in [0.2, 0.25) is 5.13 Å². The minimum Gasteiger partial charge on any atom is -0.460 e. The summed E-state index contributed by atoms with van der Waals surface area (Å²) in [5, 5.41) is 5.04. The first-order chi connectivity index (χ1) is 9.20. The molecule has 2 aromatic rings. The van der Waals surface area contributed by atoms with Crippen molar-refractivity contribution in [2.75, 3.05) is 5.43 Å². The number of nitrogens with zero attached hydrogens (tertiary/aromatic N) is 2. The Morgan fingerprint density at radius 3 is 3.21 bits per heavy atom. The maximum atomic E-state index is 5.41. The van der Waals surface area contributed by atoms with Gasteiger partial charge >= 0.3 is 0 Å². The molecule has 0 amide bonds. The van der Waals surface area contributed by atoms with Gasteiger partial charge in [-0.1, -0.05) is 6.92 Å². The zero-order valence-electron chi connectivity index (χ0n) is 11.1. The van der Waals surface area contributed by atoms with Gasteiger partial charge in [0.05, 0.1) is 11.9 Å². The number of aryl methyl sites for hydroxylation is 2. The number of rotatable bonds is 3. The van der Waals surface area contributed by atoms with Gasteiger partial charge in [-0.15, -0.1) is 11.3 Å². The molecule has 0 aliphatic heterocycles. The largest absolute Gasteiger partial charge is 0.460 e. The van der Waals surface area contributed by atoms with Crippen LogP contribution in [-0.2, 0) is 12.8 Å². The van der Waals surface area contributed by atoms with E-state index in [1.807, 2.05) is 19.1 Å². The molecule has 1 N–H and O–H groups in total. The molecule has 1 aliphatic carbocycles. The summed E-state index contributed by atoms with van der Waals surface area (Å²) in [4.78, 5) is 5.99. The van der Waals surface area contributed by atoms with Crippen molar-refractivity contribution in [1.29, 1.82) is 0 Å². The first-order valence-corrected chi connectivity index (χ1v) is 7.36. The van der Waals surface area contributed by atoms with E-state index in [0.717, 1.165) is 35.4 Å². The zero-order valence-corrected chi connectivity index (χ0v) is 12.0. The minimum atomic E-state index is 0.750. The van der Waals surface area contributed by atoms with Crippen molar-refractivity contribution in [2.24, 2.45) is 11.0 Å². The van der Waals surface area contributed by atoms with Crippen LogP contribution < -0.4 is 5.43 Å². The topological polar surface area (TPSA) is 50.4 Å². The van der Waals surface area contributed by atoms with Crippen molar-refractivity contribution in [3.8, 4) is 0 Å². The van der Waals surface area contributed by atoms with Crippen molar-refractivity contribution in [2.45, 2.75) is 33.1 Å². The molecule has 2 heterocycles. The maximum Gasteiger partial charge on any atom is 0.203 e. The van der Waals surface area contributed by atoms with Crippen molar-refractivity contribution in [3.05, 3.63) is 34.2 Å². The van der Waals surface area contributed by atoms with E-state index in [2.05, 4.69) is 22.4 Å². The minimum absolute atomic E-state index is 0.750. The lowest BCUT2D eigenvalue weighted by Crippen LogP contribution is -2.09. The average Bonchev–Trinajstić information content (AvgIpc) is 2.95. The highest BCUT2D eigenvalue weighted by Gasteiger charge is 2.19. The van der Waals surface area contributed by atoms with Gasteiger partial charge in [0, 0.05) is 4.88 Å². The van der Waals surface area contributed by atoms with Gasteiger partial charge in [0.25, 0.3) is 0 Å². The summed E-state index contributed by atoms with van der Waals surface area (Å²) in [6, 6.07) is 3.82. The van der Waals surface area contributed by atoms with E-state index in [0.29, 0.717) is 0 Å². The summed E-state index contributed by atoms with van der Waals surface area (Å²) in [6.45, 7) is 4.22. The summed E-state index contributed by atoms with van der Waals surface area (Å²) in [7, 11) is 0. The quantitative estimate of drug-likeness (QED) is 0.687. The van der Waals surface area contributed by atoms with E-state index in [4.69, 9.17) is 4.42 Å². The fraction of sp³-hybridized carbons (Fsp3) is 0.429. The van der Waals surface area contributed by atoms with Crippen LogP contribution in [-0.4, -0.2) is 11.2 Å². The number of fused-ring (bicyclic) bond motifs is 1. The number of thiazole rings is 1. The lowest BCUT2D eigenvalue weighted by molar-refractivity contribution is 0.502. The van der Waals surface area contributed by atoms with Crippen molar-refractivity contribution in [1.82, 2.24) is 4.98 Å². The van der Waals surface area contributed by atoms with Crippen LogP contribution in [0.4, 0.5) is 5.13 Å². The van der Waals surface area contributed by atoms with Crippen LogP contribution in [0, 0.1) is 12.8 Å². The molecule has 3 rings (SSSR count). The second-order valence-corrected chi connectivity index (χ2v) is 6.14. The third-order valence-corrected chi connectivity index (χ3v) is 4.32. The average molecular weight is 275 g/mol. The Hall–Kier alpha value is -1.62. The van der Waals surface area contributed by atoms with E-state index in [1.165, 1.54) is 17.0 Å². The third kappa shape index (κ3) is 2.87. The number of aromatic nitrogens is 1. The Kier molecular flexibility index (Phi) is 3.38. The highest BCUT2D eigenvalue weighted by molar-refractivity contribution is 7.15. The molecule has 0 bridgehead atoms. The maximum absolute atomic E-state index is 5.41. The SMILES string of the molecule is Cc1ccc(/C=N\Nc2nc3c(s2)CC(C)CC3)o1. The highest BCUT2D eigenvalue weighted by atomic mass is 32.1. The molecular weight excluding hydrogens is 258 g/mol. The van der Waals surface area contributed by atoms with E-state index in [9.17, 15) is 0 Å². The Morgan fingerprint density at radius 2 is 2.42 bits per heavy atom. The van der Waals surface area contributed by atoms with E-state index in [-0.39, 0.29) is 0 Å². The highest BCUT2D eigenvalue weighted by Crippen LogP contribution is 2.31. The number of hydrogen-bond donors (Lipinski definition) is 1. The number of nitrogens with one attached hydrogen (secondary N) is 1. The van der Waals surface area contributed by atoms with Crippen LogP contribution in [0.3, 0.4) is 0 Å². The number of hydrazone groups is 1. The predicted octanol–water partition coefficient (Wildman–Crippen LogP) is 3.62. The fourth-order valence-corrected chi connectivity index (χ4v) is 3.38. The van der Waals surface area contributed by atoms with Crippen LogP contribution in [0.25, 0.3) is 0 Å². The fourth-order valence-electron chi connectivity index (χ4n) is 2.26. The molecule has 0 radical (unpaired) electrons. The second-order valence-electron chi connectivity index (χ2n) is 5.06. The van der Waals surface area contributed by atoms with Gasteiger partial charge in [-0.2, -0.15) is 5.10 Å². The first kappa shape index (κ1) is 12.4. The molecule has 1 atom stereocenters. The summed E-state index contributed by atoms with van der Waals surface area (Å²) >= 11 is 1.71. The molecule has 19 heavy (non-hydrogen) atoms. The zero-order chi connectivity index (χ0) is 13.2. The molecule has 1 aliphatic rings. The predicted molar refractivity (Wildman–Crippen MR) is 78.0 cm³/mol. The van der Waals surface area contributed by atoms with Gasteiger partial charge in [0.1, 0.15) is 11.5 Å². The number of furan rings is 1. The van der Waals surface area contributed by atoms with Gasteiger partial charge in [0.15, 0.2) is 0 Å². The molecule has 100 valence electrons. The summed E-state index contributed by atoms with van der Waals surface area (Å²) in [5.41, 5.74) is 4.24. The molecule has 0 aromatic carbocycles. The molecule has 1 unspecified atom stereocenters. The van der Waals surface area contributed by atoms with Crippen molar-refractivity contribution < 1.29 is 4.42 Å². The van der Waals surface area contributed by atoms with Crippen molar-refractivity contribution in [3.63, 3.8) is 0 Å². The van der Waals surface area contributed by atoms with Gasteiger partial charge in [-0.3, -0.25) is 5.43 Å². The van der Waals surface area contributed by atoms with Crippen LogP contribution >= 0.6 is 11.3 Å². The van der Waals surface area contributed by atoms with Crippen LogP contribution in [0.2, 0.25) is 0 Å². The smallest absolute Gasteiger partial charge is 0.203 e. The van der Waals surface area contributed by atoms with Crippen molar-refractivity contribution >= 4 is 22.7 Å². The molecule has 2 aromatic heterocycles. The molecule has 0 saturated carbocycles. The lowest BCUT2D eigenvalue weighted by Gasteiger charge is -2.15. The summed E-state index contributed by atoms with van der Waals surface area (Å²) < 4.78 is 5.41. The van der Waals surface area contributed by atoms with Gasteiger partial charge < -0.3 is 4.42 Å². The van der Waals surface area contributed by atoms with Gasteiger partial charge in [-0.05, 0) is 44.2 Å². The van der Waals surface area contributed by atoms with E-state index < -0.39 is 0 Å². The van der Waals surface area contributed by atoms with Crippen LogP contribution in [0.1, 0.15) is 35.4 Å². The van der Waals surface area contributed by atoms with E-state index >= 15 is 0 Å². The molecule has 0 spiro atoms. The number of anilines is 1. The van der Waals surface area contributed by atoms with Crippen LogP contribution in [0.15, 0.2) is 21.7 Å². The summed E-state index contributed by atoms with van der Waals surface area (Å²) in [5.74, 6) is 2.41. The molecule has 4 nitrogen and oxygen atoms in total. The van der Waals surface area contributed by atoms with Crippen LogP contribution in [0.5, 0.6) is 0 Å². The Labute approximate surface area is 116 Å². The third-order valence-electron chi connectivity index (χ3n) is 3.30. The molecule has 0 saturated heterocycles. The molecular formula is C14H17N3OS. The first-order valence-electron chi connectivity index (χ1n) is 6.55. The Balaban J connectivity index is 1.66. The lowest BCUT2D eigenvalue weighted by atomic mass is 9.93. The monoisotopic (exact) mass is 275 g/mol. The number of hydrogen-bond acceptors (Lipinski definition) is 5. The molecule has 0 fully saturated rings. The Morgan fingerprint density at radius 1 is 1.53 bits per heavy atom. The molecule has 5 heteroatoms. The summed E-state index contributed by atoms with van der Waals surface area (Å²) in [6.07, 6.45) is 5.16. The standard InChI is InChI=1S/C14H17N3OS/c1-9-3-6-12-13(7-9)19-14(16-12)17-15-8-11-5-4-10(2)18-11/h4-5,8-9H,3,6-7H2,1-2H3,(H,16,17)/b15-8-. The van der Waals surface area contributed by atoms with Gasteiger partial charge in [-0.25, -0.2) is 4.98 Å². The Bertz CT molecular complexity index is 600. The normalized spacial score (nSPS) is 18.7. The van der Waals surface area contributed by atoms with E-state index in [1.54, 1.807) is 17.6 Å². The second kappa shape index (κ2) is 5.17.